The first-order chi connectivity index (χ1) is 9.11. The maximum absolute atomic E-state index is 13.8. The van der Waals surface area contributed by atoms with Crippen molar-refractivity contribution in [1.82, 2.24) is 0 Å². The Morgan fingerprint density at radius 2 is 1.89 bits per heavy atom. The number of anilines is 2. The van der Waals surface area contributed by atoms with Crippen molar-refractivity contribution < 1.29 is 4.39 Å². The summed E-state index contributed by atoms with van der Waals surface area (Å²) < 4.78 is 13.8. The third kappa shape index (κ3) is 3.05. The highest BCUT2D eigenvalue weighted by Crippen LogP contribution is 2.22. The third-order valence-corrected chi connectivity index (χ3v) is 3.28. The van der Waals surface area contributed by atoms with Crippen LogP contribution in [-0.4, -0.2) is 6.54 Å². The number of nitrogens with zero attached hydrogens (tertiary/aromatic N) is 1. The molecular weight excluding hydrogens is 239 g/mol. The first kappa shape index (κ1) is 13.4. The molecule has 0 amide bonds. The average Bonchev–Trinajstić information content (AvgIpc) is 2.41. The van der Waals surface area contributed by atoms with Crippen LogP contribution in [0.2, 0.25) is 0 Å². The van der Waals surface area contributed by atoms with Crippen molar-refractivity contribution in [2.75, 3.05) is 17.2 Å². The summed E-state index contributed by atoms with van der Waals surface area (Å²) in [4.78, 5) is 2.01. The summed E-state index contributed by atoms with van der Waals surface area (Å²) in [7, 11) is 0. The summed E-state index contributed by atoms with van der Waals surface area (Å²) in [6.07, 6.45) is 0. The number of benzene rings is 2. The molecule has 0 spiro atoms. The van der Waals surface area contributed by atoms with E-state index in [2.05, 4.69) is 6.07 Å². The van der Waals surface area contributed by atoms with Gasteiger partial charge in [0.15, 0.2) is 0 Å². The monoisotopic (exact) mass is 258 g/mol. The summed E-state index contributed by atoms with van der Waals surface area (Å²) in [5.41, 5.74) is 9.43. The summed E-state index contributed by atoms with van der Waals surface area (Å²) in [6, 6.07) is 12.8. The van der Waals surface area contributed by atoms with Gasteiger partial charge < -0.3 is 10.6 Å². The fourth-order valence-electron chi connectivity index (χ4n) is 2.13. The molecule has 19 heavy (non-hydrogen) atoms. The lowest BCUT2D eigenvalue weighted by Crippen LogP contribution is -2.23. The highest BCUT2D eigenvalue weighted by Gasteiger charge is 2.10. The van der Waals surface area contributed by atoms with E-state index in [0.717, 1.165) is 23.4 Å². The molecule has 0 atom stereocenters. The Bertz CT molecular complexity index is 566. The van der Waals surface area contributed by atoms with Gasteiger partial charge in [-0.1, -0.05) is 24.3 Å². The lowest BCUT2D eigenvalue weighted by molar-refractivity contribution is 0.618. The smallest absolute Gasteiger partial charge is 0.146 e. The van der Waals surface area contributed by atoms with Crippen molar-refractivity contribution >= 4 is 11.4 Å². The van der Waals surface area contributed by atoms with Crippen LogP contribution in [0.15, 0.2) is 42.5 Å². The molecule has 0 aliphatic carbocycles. The minimum atomic E-state index is -0.184. The fourth-order valence-corrected chi connectivity index (χ4v) is 2.13. The molecule has 0 fully saturated rings. The molecule has 0 radical (unpaired) electrons. The lowest BCUT2D eigenvalue weighted by atomic mass is 10.1. The molecule has 2 nitrogen and oxygen atoms in total. The van der Waals surface area contributed by atoms with Crippen molar-refractivity contribution in [2.45, 2.75) is 20.4 Å². The number of rotatable bonds is 4. The predicted molar refractivity (Wildman–Crippen MR) is 78.7 cm³/mol. The van der Waals surface area contributed by atoms with Crippen molar-refractivity contribution in [2.24, 2.45) is 0 Å². The largest absolute Gasteiger partial charge is 0.399 e. The van der Waals surface area contributed by atoms with Gasteiger partial charge in [0.05, 0.1) is 5.69 Å². The Hall–Kier alpha value is -2.03. The molecule has 0 aromatic heterocycles. The van der Waals surface area contributed by atoms with E-state index >= 15 is 0 Å². The first-order valence-corrected chi connectivity index (χ1v) is 6.46. The topological polar surface area (TPSA) is 29.3 Å². The molecule has 0 heterocycles. The maximum atomic E-state index is 13.8. The fraction of sp³-hybridized carbons (Fsp3) is 0.250. The van der Waals surface area contributed by atoms with Crippen LogP contribution in [0, 0.1) is 12.7 Å². The SMILES string of the molecule is CCN(Cc1ccc(N)c(C)c1)c1ccccc1F. The molecule has 0 saturated heterocycles. The van der Waals surface area contributed by atoms with Gasteiger partial charge in [0.1, 0.15) is 5.82 Å². The molecular formula is C16H19FN2. The molecule has 2 N–H and O–H groups in total. The van der Waals surface area contributed by atoms with Crippen LogP contribution < -0.4 is 10.6 Å². The van der Waals surface area contributed by atoms with Crippen molar-refractivity contribution in [3.05, 3.63) is 59.4 Å². The molecule has 2 aromatic carbocycles. The molecule has 0 unspecified atom stereocenters. The normalized spacial score (nSPS) is 10.5. The number of nitrogens with two attached hydrogens (primary N) is 1. The van der Waals surface area contributed by atoms with Crippen LogP contribution in [0.1, 0.15) is 18.1 Å². The second-order valence-corrected chi connectivity index (χ2v) is 4.66. The Labute approximate surface area is 113 Å². The van der Waals surface area contributed by atoms with Crippen LogP contribution in [0.4, 0.5) is 15.8 Å². The zero-order chi connectivity index (χ0) is 13.8. The lowest BCUT2D eigenvalue weighted by Gasteiger charge is -2.24. The zero-order valence-corrected chi connectivity index (χ0v) is 11.4. The number of para-hydroxylation sites is 1. The minimum absolute atomic E-state index is 0.184. The molecule has 0 saturated carbocycles. The molecule has 0 aliphatic rings. The summed E-state index contributed by atoms with van der Waals surface area (Å²) in [5.74, 6) is -0.184. The van der Waals surface area contributed by atoms with Crippen molar-refractivity contribution in [3.63, 3.8) is 0 Å². The van der Waals surface area contributed by atoms with Crippen LogP contribution in [0.5, 0.6) is 0 Å². The van der Waals surface area contributed by atoms with E-state index in [4.69, 9.17) is 5.73 Å². The van der Waals surface area contributed by atoms with E-state index in [1.807, 2.05) is 43.0 Å². The van der Waals surface area contributed by atoms with Gasteiger partial charge in [-0.15, -0.1) is 0 Å². The zero-order valence-electron chi connectivity index (χ0n) is 11.4. The van der Waals surface area contributed by atoms with Gasteiger partial charge in [-0.3, -0.25) is 0 Å². The summed E-state index contributed by atoms with van der Waals surface area (Å²) >= 11 is 0. The summed E-state index contributed by atoms with van der Waals surface area (Å²) in [6.45, 7) is 5.44. The second kappa shape index (κ2) is 5.74. The van der Waals surface area contributed by atoms with Gasteiger partial charge in [-0.2, -0.15) is 0 Å². The van der Waals surface area contributed by atoms with E-state index < -0.39 is 0 Å². The number of halogens is 1. The summed E-state index contributed by atoms with van der Waals surface area (Å²) in [5, 5.41) is 0. The van der Waals surface area contributed by atoms with E-state index in [9.17, 15) is 4.39 Å². The molecule has 100 valence electrons. The van der Waals surface area contributed by atoms with Crippen molar-refractivity contribution in [3.8, 4) is 0 Å². The van der Waals surface area contributed by atoms with Gasteiger partial charge in [0, 0.05) is 18.8 Å². The third-order valence-electron chi connectivity index (χ3n) is 3.28. The average molecular weight is 258 g/mol. The predicted octanol–water partition coefficient (Wildman–Crippen LogP) is 3.74. The van der Waals surface area contributed by atoms with E-state index in [0.29, 0.717) is 12.2 Å². The maximum Gasteiger partial charge on any atom is 0.146 e. The van der Waals surface area contributed by atoms with E-state index in [1.54, 1.807) is 6.07 Å². The van der Waals surface area contributed by atoms with Gasteiger partial charge in [0.2, 0.25) is 0 Å². The second-order valence-electron chi connectivity index (χ2n) is 4.66. The molecule has 2 aromatic rings. The van der Waals surface area contributed by atoms with E-state index in [-0.39, 0.29) is 5.82 Å². The number of hydrogen-bond acceptors (Lipinski definition) is 2. The van der Waals surface area contributed by atoms with Gasteiger partial charge >= 0.3 is 0 Å². The Kier molecular flexibility index (Phi) is 4.05. The van der Waals surface area contributed by atoms with Gasteiger partial charge in [0.25, 0.3) is 0 Å². The van der Waals surface area contributed by atoms with Crippen molar-refractivity contribution in [1.29, 1.82) is 0 Å². The molecule has 3 heteroatoms. The quantitative estimate of drug-likeness (QED) is 0.846. The molecule has 0 bridgehead atoms. The van der Waals surface area contributed by atoms with Crippen LogP contribution in [-0.2, 0) is 6.54 Å². The Balaban J connectivity index is 2.24. The number of nitrogen functional groups attached to an aromatic ring is 1. The Morgan fingerprint density at radius 3 is 2.53 bits per heavy atom. The highest BCUT2D eigenvalue weighted by molar-refractivity contribution is 5.51. The molecule has 2 rings (SSSR count). The van der Waals surface area contributed by atoms with Gasteiger partial charge in [-0.25, -0.2) is 4.39 Å². The van der Waals surface area contributed by atoms with Crippen LogP contribution in [0.3, 0.4) is 0 Å². The standard InChI is InChI=1S/C16H19FN2/c1-3-19(16-7-5-4-6-14(16)17)11-13-8-9-15(18)12(2)10-13/h4-10H,3,11,18H2,1-2H3. The Morgan fingerprint density at radius 1 is 1.16 bits per heavy atom. The first-order valence-electron chi connectivity index (χ1n) is 6.46. The van der Waals surface area contributed by atoms with Crippen LogP contribution in [0.25, 0.3) is 0 Å². The van der Waals surface area contributed by atoms with Crippen LogP contribution >= 0.6 is 0 Å². The van der Waals surface area contributed by atoms with Gasteiger partial charge in [-0.05, 0) is 43.2 Å². The van der Waals surface area contributed by atoms with E-state index in [1.165, 1.54) is 6.07 Å². The number of hydrogen-bond donors (Lipinski definition) is 1. The number of aryl methyl sites for hydroxylation is 1. The minimum Gasteiger partial charge on any atom is -0.399 e. The molecule has 0 aliphatic heterocycles. The highest BCUT2D eigenvalue weighted by atomic mass is 19.1.